The van der Waals surface area contributed by atoms with Crippen molar-refractivity contribution in [1.29, 1.82) is 0 Å². The van der Waals surface area contributed by atoms with Crippen LogP contribution in [-0.2, 0) is 4.79 Å². The summed E-state index contributed by atoms with van der Waals surface area (Å²) in [5.41, 5.74) is 0.980. The second-order valence-corrected chi connectivity index (χ2v) is 5.72. The van der Waals surface area contributed by atoms with Crippen molar-refractivity contribution in [3.05, 3.63) is 28.8 Å². The predicted molar refractivity (Wildman–Crippen MR) is 76.1 cm³/mol. The Morgan fingerprint density at radius 1 is 1.42 bits per heavy atom. The van der Waals surface area contributed by atoms with Gasteiger partial charge in [0.2, 0.25) is 5.91 Å². The molecule has 1 aliphatic heterocycles. The van der Waals surface area contributed by atoms with Crippen LogP contribution in [0.25, 0.3) is 0 Å². The van der Waals surface area contributed by atoms with E-state index in [0.717, 1.165) is 0 Å². The van der Waals surface area contributed by atoms with Crippen molar-refractivity contribution in [3.63, 3.8) is 0 Å². The summed E-state index contributed by atoms with van der Waals surface area (Å²) in [7, 11) is 3.33. The SMILES string of the molecule is CN(C)C(=O)c1ccc(Cl)cc1N1CC(Cl)CC1=O. The van der Waals surface area contributed by atoms with Crippen LogP contribution in [0.1, 0.15) is 16.8 Å². The van der Waals surface area contributed by atoms with E-state index in [4.69, 9.17) is 23.2 Å². The van der Waals surface area contributed by atoms with Crippen LogP contribution in [0.15, 0.2) is 18.2 Å². The molecule has 1 unspecified atom stereocenters. The molecular weight excluding hydrogens is 287 g/mol. The monoisotopic (exact) mass is 300 g/mol. The highest BCUT2D eigenvalue weighted by atomic mass is 35.5. The Labute approximate surface area is 121 Å². The standard InChI is InChI=1S/C13H14Cl2N2O2/c1-16(2)13(19)10-4-3-8(14)5-11(10)17-7-9(15)6-12(17)18/h3-5,9H,6-7H2,1-2H3. The van der Waals surface area contributed by atoms with Gasteiger partial charge in [-0.2, -0.15) is 0 Å². The molecule has 2 amide bonds. The van der Waals surface area contributed by atoms with E-state index in [-0.39, 0.29) is 23.6 Å². The van der Waals surface area contributed by atoms with Crippen LogP contribution < -0.4 is 4.90 Å². The first kappa shape index (κ1) is 14.2. The molecule has 1 heterocycles. The van der Waals surface area contributed by atoms with Gasteiger partial charge in [-0.15, -0.1) is 11.6 Å². The maximum Gasteiger partial charge on any atom is 0.255 e. The lowest BCUT2D eigenvalue weighted by Gasteiger charge is -2.21. The minimum absolute atomic E-state index is 0.0879. The fourth-order valence-corrected chi connectivity index (χ4v) is 2.48. The van der Waals surface area contributed by atoms with Gasteiger partial charge in [-0.25, -0.2) is 0 Å². The number of amides is 2. The minimum Gasteiger partial charge on any atom is -0.345 e. The number of hydrogen-bond donors (Lipinski definition) is 0. The first-order valence-electron chi connectivity index (χ1n) is 5.86. The van der Waals surface area contributed by atoms with Gasteiger partial charge in [0.15, 0.2) is 0 Å². The topological polar surface area (TPSA) is 40.6 Å². The van der Waals surface area contributed by atoms with Crippen LogP contribution in [0.3, 0.4) is 0 Å². The lowest BCUT2D eigenvalue weighted by Crippen LogP contribution is -2.29. The lowest BCUT2D eigenvalue weighted by molar-refractivity contribution is -0.117. The van der Waals surface area contributed by atoms with Crippen molar-refractivity contribution in [1.82, 2.24) is 4.90 Å². The largest absolute Gasteiger partial charge is 0.345 e. The number of hydrogen-bond acceptors (Lipinski definition) is 2. The van der Waals surface area contributed by atoms with Gasteiger partial charge in [0, 0.05) is 32.1 Å². The Hall–Kier alpha value is -1.26. The third-order valence-corrected chi connectivity index (χ3v) is 3.49. The predicted octanol–water partition coefficient (Wildman–Crippen LogP) is 2.39. The van der Waals surface area contributed by atoms with Gasteiger partial charge in [0.1, 0.15) is 0 Å². The highest BCUT2D eigenvalue weighted by Crippen LogP contribution is 2.30. The zero-order valence-electron chi connectivity index (χ0n) is 10.7. The van der Waals surface area contributed by atoms with E-state index < -0.39 is 0 Å². The normalized spacial score (nSPS) is 18.8. The van der Waals surface area contributed by atoms with E-state index in [2.05, 4.69) is 0 Å². The van der Waals surface area contributed by atoms with Gasteiger partial charge in [-0.1, -0.05) is 11.6 Å². The first-order chi connectivity index (χ1) is 8.90. The molecule has 4 nitrogen and oxygen atoms in total. The number of nitrogens with zero attached hydrogens (tertiary/aromatic N) is 2. The number of carbonyl (C=O) groups is 2. The van der Waals surface area contributed by atoms with E-state index in [1.54, 1.807) is 32.3 Å². The Balaban J connectivity index is 2.46. The molecule has 102 valence electrons. The third kappa shape index (κ3) is 2.85. The Bertz CT molecular complexity index is 531. The van der Waals surface area contributed by atoms with Gasteiger partial charge >= 0.3 is 0 Å². The number of anilines is 1. The molecular formula is C13H14Cl2N2O2. The van der Waals surface area contributed by atoms with E-state index in [9.17, 15) is 9.59 Å². The molecule has 1 saturated heterocycles. The molecule has 1 aromatic rings. The molecule has 6 heteroatoms. The minimum atomic E-state index is -0.228. The number of benzene rings is 1. The zero-order valence-corrected chi connectivity index (χ0v) is 12.2. The van der Waals surface area contributed by atoms with Crippen molar-refractivity contribution < 1.29 is 9.59 Å². The molecule has 19 heavy (non-hydrogen) atoms. The number of rotatable bonds is 2. The zero-order chi connectivity index (χ0) is 14.2. The van der Waals surface area contributed by atoms with Crippen LogP contribution in [0.2, 0.25) is 5.02 Å². The molecule has 0 aliphatic carbocycles. The summed E-state index contributed by atoms with van der Waals surface area (Å²) in [5.74, 6) is -0.257. The summed E-state index contributed by atoms with van der Waals surface area (Å²) >= 11 is 12.0. The Morgan fingerprint density at radius 2 is 2.11 bits per heavy atom. The first-order valence-corrected chi connectivity index (χ1v) is 6.67. The summed E-state index contributed by atoms with van der Waals surface area (Å²) in [6.45, 7) is 0.397. The van der Waals surface area contributed by atoms with E-state index in [0.29, 0.717) is 22.8 Å². The lowest BCUT2D eigenvalue weighted by atomic mass is 10.1. The fraction of sp³-hybridized carbons (Fsp3) is 0.385. The molecule has 0 spiro atoms. The van der Waals surface area contributed by atoms with Crippen molar-refractivity contribution in [2.75, 3.05) is 25.5 Å². The molecule has 0 saturated carbocycles. The van der Waals surface area contributed by atoms with Crippen LogP contribution in [0.4, 0.5) is 5.69 Å². The molecule has 0 radical (unpaired) electrons. The molecule has 0 bridgehead atoms. The second-order valence-electron chi connectivity index (χ2n) is 4.67. The van der Waals surface area contributed by atoms with Crippen molar-refractivity contribution in [3.8, 4) is 0 Å². The van der Waals surface area contributed by atoms with Gasteiger partial charge in [0.05, 0.1) is 16.6 Å². The second kappa shape index (κ2) is 5.39. The van der Waals surface area contributed by atoms with Crippen molar-refractivity contribution in [2.24, 2.45) is 0 Å². The van der Waals surface area contributed by atoms with Crippen LogP contribution in [0, 0.1) is 0 Å². The van der Waals surface area contributed by atoms with Crippen LogP contribution >= 0.6 is 23.2 Å². The maximum atomic E-state index is 12.1. The molecule has 0 N–H and O–H groups in total. The van der Waals surface area contributed by atoms with Gasteiger partial charge in [0.25, 0.3) is 5.91 Å². The van der Waals surface area contributed by atoms with Gasteiger partial charge in [-0.05, 0) is 18.2 Å². The molecule has 1 aromatic carbocycles. The fourth-order valence-electron chi connectivity index (χ4n) is 2.05. The molecule has 1 fully saturated rings. The van der Waals surface area contributed by atoms with E-state index in [1.165, 1.54) is 9.80 Å². The summed E-state index contributed by atoms with van der Waals surface area (Å²) in [5, 5.41) is 0.255. The van der Waals surface area contributed by atoms with Crippen LogP contribution in [0.5, 0.6) is 0 Å². The van der Waals surface area contributed by atoms with E-state index in [1.807, 2.05) is 0 Å². The number of carbonyl (C=O) groups excluding carboxylic acids is 2. The highest BCUT2D eigenvalue weighted by Gasteiger charge is 2.31. The van der Waals surface area contributed by atoms with E-state index >= 15 is 0 Å². The molecule has 0 aromatic heterocycles. The smallest absolute Gasteiger partial charge is 0.255 e. The molecule has 1 aliphatic rings. The Morgan fingerprint density at radius 3 is 2.63 bits per heavy atom. The average molecular weight is 301 g/mol. The summed E-state index contributed by atoms with van der Waals surface area (Å²) in [6.07, 6.45) is 0.281. The summed E-state index contributed by atoms with van der Waals surface area (Å²) in [6, 6.07) is 4.90. The van der Waals surface area contributed by atoms with Crippen molar-refractivity contribution in [2.45, 2.75) is 11.8 Å². The molecule has 1 atom stereocenters. The highest BCUT2D eigenvalue weighted by molar-refractivity contribution is 6.31. The van der Waals surface area contributed by atoms with Crippen LogP contribution in [-0.4, -0.2) is 42.7 Å². The quantitative estimate of drug-likeness (QED) is 0.787. The average Bonchev–Trinajstić information content (AvgIpc) is 2.67. The van der Waals surface area contributed by atoms with Gasteiger partial charge < -0.3 is 9.80 Å². The number of halogens is 2. The van der Waals surface area contributed by atoms with Gasteiger partial charge in [-0.3, -0.25) is 9.59 Å². The Kier molecular flexibility index (Phi) is 4.02. The summed E-state index contributed by atoms with van der Waals surface area (Å²) in [4.78, 5) is 27.0. The summed E-state index contributed by atoms with van der Waals surface area (Å²) < 4.78 is 0. The third-order valence-electron chi connectivity index (χ3n) is 2.97. The molecule has 2 rings (SSSR count). The van der Waals surface area contributed by atoms with Crippen molar-refractivity contribution >= 4 is 40.7 Å². The maximum absolute atomic E-state index is 12.1. The number of alkyl halides is 1.